The lowest BCUT2D eigenvalue weighted by atomic mass is 9.92. The van der Waals surface area contributed by atoms with E-state index in [0.717, 1.165) is 36.5 Å². The van der Waals surface area contributed by atoms with Crippen molar-refractivity contribution >= 4 is 0 Å². The van der Waals surface area contributed by atoms with E-state index in [0.29, 0.717) is 5.92 Å². The summed E-state index contributed by atoms with van der Waals surface area (Å²) in [6.07, 6.45) is 12.9. The van der Waals surface area contributed by atoms with Gasteiger partial charge in [-0.15, -0.1) is 0 Å². The van der Waals surface area contributed by atoms with Crippen LogP contribution >= 0.6 is 0 Å². The van der Waals surface area contributed by atoms with Gasteiger partial charge in [0.05, 0.1) is 5.69 Å². The molecule has 4 aromatic rings. The van der Waals surface area contributed by atoms with Crippen LogP contribution in [0.15, 0.2) is 85.3 Å². The summed E-state index contributed by atoms with van der Waals surface area (Å²) < 4.78 is 2.19. The third-order valence-corrected chi connectivity index (χ3v) is 6.31. The maximum Gasteiger partial charge on any atom is 0.163 e. The minimum absolute atomic E-state index is 0.489. The average Bonchev–Trinajstić information content (AvgIpc) is 3.37. The molecular weight excluding hydrogens is 414 g/mol. The Bertz CT molecular complexity index is 1110. The van der Waals surface area contributed by atoms with Gasteiger partial charge < -0.3 is 0 Å². The molecule has 0 saturated heterocycles. The molecule has 0 fully saturated rings. The molecule has 0 unspecified atom stereocenters. The Labute approximate surface area is 205 Å². The molecule has 0 aliphatic heterocycles. The molecule has 3 heteroatoms. The number of pyridine rings is 1. The summed E-state index contributed by atoms with van der Waals surface area (Å²) in [5.74, 6) is 1.40. The number of hydrogen-bond acceptors (Lipinski definition) is 2. The fraction of sp³-hybridized carbons (Fsp3) is 0.355. The Morgan fingerprint density at radius 1 is 0.735 bits per heavy atom. The predicted molar refractivity (Wildman–Crippen MR) is 145 cm³/mol. The number of unbranched alkanes of at least 4 members (excludes halogenated alkanes) is 2. The number of para-hydroxylation sites is 1. The molecule has 178 valence electrons. The normalized spacial score (nSPS) is 10.7. The van der Waals surface area contributed by atoms with E-state index in [1.807, 2.05) is 24.7 Å². The van der Waals surface area contributed by atoms with Crippen LogP contribution in [0.2, 0.25) is 0 Å². The summed E-state index contributed by atoms with van der Waals surface area (Å²) in [6.45, 7) is 8.91. The molecule has 0 radical (unpaired) electrons. The second kappa shape index (κ2) is 13.5. The summed E-state index contributed by atoms with van der Waals surface area (Å²) >= 11 is 0. The number of nitrogens with zero attached hydrogens (tertiary/aromatic N) is 3. The van der Waals surface area contributed by atoms with Gasteiger partial charge in [-0.25, -0.2) is 4.98 Å². The van der Waals surface area contributed by atoms with Gasteiger partial charge in [0.25, 0.3) is 0 Å². The summed E-state index contributed by atoms with van der Waals surface area (Å²) in [6, 6.07) is 23.4. The molecule has 0 aliphatic carbocycles. The van der Waals surface area contributed by atoms with Crippen molar-refractivity contribution in [3.05, 3.63) is 102 Å². The third kappa shape index (κ3) is 6.44. The SMILES string of the molecule is CCC(CC)c1cccnc1-c1nccn1-c1ccccc1Cc1ccccc1.CCCCC. The minimum Gasteiger partial charge on any atom is -0.298 e. The van der Waals surface area contributed by atoms with Gasteiger partial charge in [0.1, 0.15) is 5.69 Å². The number of benzene rings is 2. The first kappa shape index (κ1) is 25.4. The van der Waals surface area contributed by atoms with Crippen LogP contribution in [0, 0.1) is 0 Å². The summed E-state index contributed by atoms with van der Waals surface area (Å²) in [4.78, 5) is 9.48. The van der Waals surface area contributed by atoms with Gasteiger partial charge in [-0.05, 0) is 54.0 Å². The third-order valence-electron chi connectivity index (χ3n) is 6.31. The largest absolute Gasteiger partial charge is 0.298 e. The first-order valence-electron chi connectivity index (χ1n) is 12.8. The molecule has 0 aliphatic rings. The van der Waals surface area contributed by atoms with Gasteiger partial charge in [0, 0.05) is 18.6 Å². The fourth-order valence-electron chi connectivity index (χ4n) is 4.40. The van der Waals surface area contributed by atoms with Crippen LogP contribution in [0.4, 0.5) is 0 Å². The van der Waals surface area contributed by atoms with Crippen molar-refractivity contribution in [2.24, 2.45) is 0 Å². The highest BCUT2D eigenvalue weighted by atomic mass is 15.1. The van der Waals surface area contributed by atoms with Crippen molar-refractivity contribution in [1.29, 1.82) is 0 Å². The van der Waals surface area contributed by atoms with Crippen molar-refractivity contribution in [1.82, 2.24) is 14.5 Å². The monoisotopic (exact) mass is 453 g/mol. The quantitative estimate of drug-likeness (QED) is 0.254. The highest BCUT2D eigenvalue weighted by molar-refractivity contribution is 5.60. The van der Waals surface area contributed by atoms with Gasteiger partial charge in [-0.2, -0.15) is 0 Å². The number of imidazole rings is 1. The highest BCUT2D eigenvalue weighted by Crippen LogP contribution is 2.32. The molecule has 3 nitrogen and oxygen atoms in total. The lowest BCUT2D eigenvalue weighted by Gasteiger charge is -2.18. The summed E-state index contributed by atoms with van der Waals surface area (Å²) in [5, 5.41) is 0. The molecule has 0 N–H and O–H groups in total. The molecule has 2 aromatic carbocycles. The highest BCUT2D eigenvalue weighted by Gasteiger charge is 2.19. The van der Waals surface area contributed by atoms with Crippen molar-refractivity contribution in [3.63, 3.8) is 0 Å². The van der Waals surface area contributed by atoms with E-state index in [2.05, 4.69) is 92.9 Å². The molecular formula is C31H39N3. The van der Waals surface area contributed by atoms with E-state index < -0.39 is 0 Å². The van der Waals surface area contributed by atoms with Gasteiger partial charge in [-0.3, -0.25) is 9.55 Å². The van der Waals surface area contributed by atoms with Crippen molar-refractivity contribution in [3.8, 4) is 17.2 Å². The molecule has 2 heterocycles. The Morgan fingerprint density at radius 2 is 1.44 bits per heavy atom. The zero-order valence-corrected chi connectivity index (χ0v) is 21.2. The lowest BCUT2D eigenvalue weighted by molar-refractivity contribution is 0.640. The predicted octanol–water partition coefficient (Wildman–Crippen LogP) is 8.63. The Hall–Kier alpha value is -3.20. The summed E-state index contributed by atoms with van der Waals surface area (Å²) in [7, 11) is 0. The van der Waals surface area contributed by atoms with E-state index in [9.17, 15) is 0 Å². The summed E-state index contributed by atoms with van der Waals surface area (Å²) in [5.41, 5.74) is 6.01. The molecule has 34 heavy (non-hydrogen) atoms. The maximum atomic E-state index is 4.75. The number of hydrogen-bond donors (Lipinski definition) is 0. The van der Waals surface area contributed by atoms with E-state index >= 15 is 0 Å². The minimum atomic E-state index is 0.489. The average molecular weight is 454 g/mol. The fourth-order valence-corrected chi connectivity index (χ4v) is 4.40. The van der Waals surface area contributed by atoms with Crippen molar-refractivity contribution in [2.45, 2.75) is 72.1 Å². The Balaban J connectivity index is 0.000000588. The van der Waals surface area contributed by atoms with Crippen LogP contribution in [0.1, 0.15) is 82.4 Å². The van der Waals surface area contributed by atoms with E-state index in [1.165, 1.54) is 36.0 Å². The van der Waals surface area contributed by atoms with Crippen LogP contribution in [0.25, 0.3) is 17.2 Å². The molecule has 0 spiro atoms. The second-order valence-corrected chi connectivity index (χ2v) is 8.72. The van der Waals surface area contributed by atoms with E-state index in [-0.39, 0.29) is 0 Å². The van der Waals surface area contributed by atoms with Crippen molar-refractivity contribution < 1.29 is 0 Å². The standard InChI is InChI=1S/C26H27N3.C5H12/c1-3-21(4-2)23-14-10-16-27-25(23)26-28-17-18-29(26)24-15-9-8-13-22(24)19-20-11-6-5-7-12-20;1-3-5-4-2/h5-18,21H,3-4,19H2,1-2H3;3-5H2,1-2H3. The van der Waals surface area contributed by atoms with Crippen LogP contribution < -0.4 is 0 Å². The first-order valence-corrected chi connectivity index (χ1v) is 12.8. The smallest absolute Gasteiger partial charge is 0.163 e. The van der Waals surface area contributed by atoms with Gasteiger partial charge >= 0.3 is 0 Å². The zero-order chi connectivity index (χ0) is 24.2. The van der Waals surface area contributed by atoms with Crippen LogP contribution in [0.5, 0.6) is 0 Å². The molecule has 4 rings (SSSR count). The van der Waals surface area contributed by atoms with Gasteiger partial charge in [0.2, 0.25) is 0 Å². The van der Waals surface area contributed by atoms with E-state index in [4.69, 9.17) is 9.97 Å². The molecule has 0 atom stereocenters. The number of rotatable bonds is 9. The van der Waals surface area contributed by atoms with Crippen molar-refractivity contribution in [2.75, 3.05) is 0 Å². The lowest BCUT2D eigenvalue weighted by Crippen LogP contribution is -2.06. The van der Waals surface area contributed by atoms with E-state index in [1.54, 1.807) is 0 Å². The molecule has 0 saturated carbocycles. The first-order chi connectivity index (χ1) is 16.7. The Morgan fingerprint density at radius 3 is 2.12 bits per heavy atom. The topological polar surface area (TPSA) is 30.7 Å². The van der Waals surface area contributed by atoms with Crippen LogP contribution in [-0.2, 0) is 6.42 Å². The zero-order valence-electron chi connectivity index (χ0n) is 21.2. The number of aromatic nitrogens is 3. The molecule has 2 aromatic heterocycles. The second-order valence-electron chi connectivity index (χ2n) is 8.72. The maximum absolute atomic E-state index is 4.75. The van der Waals surface area contributed by atoms with Gasteiger partial charge in [-0.1, -0.05) is 102 Å². The van der Waals surface area contributed by atoms with Crippen LogP contribution in [-0.4, -0.2) is 14.5 Å². The van der Waals surface area contributed by atoms with Gasteiger partial charge in [0.15, 0.2) is 5.82 Å². The van der Waals surface area contributed by atoms with Crippen LogP contribution in [0.3, 0.4) is 0 Å². The Kier molecular flexibility index (Phi) is 10.1. The molecule has 0 amide bonds. The molecule has 0 bridgehead atoms.